The molecule has 1 heterocycles. The van der Waals surface area contributed by atoms with E-state index < -0.39 is 0 Å². The van der Waals surface area contributed by atoms with Crippen LogP contribution in [0.5, 0.6) is 0 Å². The van der Waals surface area contributed by atoms with Gasteiger partial charge in [0, 0.05) is 6.20 Å². The Kier molecular flexibility index (Phi) is 1.73. The molecule has 0 aliphatic carbocycles. The Morgan fingerprint density at radius 3 is 2.70 bits per heavy atom. The SMILES string of the molecule is C#Cc1ncc(C)cc1C. The zero-order valence-electron chi connectivity index (χ0n) is 6.18. The number of aryl methyl sites for hydroxylation is 2. The molecular weight excluding hydrogens is 122 g/mol. The van der Waals surface area contributed by atoms with Gasteiger partial charge in [0.2, 0.25) is 0 Å². The number of hydrogen-bond acceptors (Lipinski definition) is 1. The quantitative estimate of drug-likeness (QED) is 0.488. The van der Waals surface area contributed by atoms with Gasteiger partial charge in [0.15, 0.2) is 0 Å². The zero-order chi connectivity index (χ0) is 7.56. The highest BCUT2D eigenvalue weighted by molar-refractivity contribution is 5.34. The Hall–Kier alpha value is -1.29. The Morgan fingerprint density at radius 1 is 1.50 bits per heavy atom. The Morgan fingerprint density at radius 2 is 2.20 bits per heavy atom. The van der Waals surface area contributed by atoms with E-state index in [0.29, 0.717) is 0 Å². The summed E-state index contributed by atoms with van der Waals surface area (Å²) in [7, 11) is 0. The van der Waals surface area contributed by atoms with Crippen molar-refractivity contribution in [2.75, 3.05) is 0 Å². The summed E-state index contributed by atoms with van der Waals surface area (Å²) in [4.78, 5) is 4.06. The van der Waals surface area contributed by atoms with Crippen molar-refractivity contribution in [3.8, 4) is 12.3 Å². The molecule has 0 saturated heterocycles. The summed E-state index contributed by atoms with van der Waals surface area (Å²) in [5, 5.41) is 0. The molecule has 0 aliphatic heterocycles. The van der Waals surface area contributed by atoms with Gasteiger partial charge in [-0.05, 0) is 30.9 Å². The van der Waals surface area contributed by atoms with E-state index in [4.69, 9.17) is 6.42 Å². The topological polar surface area (TPSA) is 12.9 Å². The standard InChI is InChI=1S/C9H9N/c1-4-9-8(3)5-7(2)6-10-9/h1,5-6H,2-3H3. The van der Waals surface area contributed by atoms with Gasteiger partial charge in [0.25, 0.3) is 0 Å². The van der Waals surface area contributed by atoms with Crippen LogP contribution in [-0.4, -0.2) is 4.98 Å². The van der Waals surface area contributed by atoms with Crippen LogP contribution in [0.4, 0.5) is 0 Å². The minimum atomic E-state index is 0.741. The third-order valence-corrected chi connectivity index (χ3v) is 1.35. The molecule has 50 valence electrons. The second-order valence-corrected chi connectivity index (χ2v) is 2.32. The van der Waals surface area contributed by atoms with Gasteiger partial charge in [-0.15, -0.1) is 6.42 Å². The molecule has 0 saturated carbocycles. The maximum absolute atomic E-state index is 5.19. The molecule has 10 heavy (non-hydrogen) atoms. The van der Waals surface area contributed by atoms with Crippen LogP contribution in [-0.2, 0) is 0 Å². The molecule has 0 bridgehead atoms. The van der Waals surface area contributed by atoms with Gasteiger partial charge < -0.3 is 0 Å². The van der Waals surface area contributed by atoms with Crippen LogP contribution >= 0.6 is 0 Å². The van der Waals surface area contributed by atoms with E-state index in [0.717, 1.165) is 16.8 Å². The van der Waals surface area contributed by atoms with Crippen molar-refractivity contribution in [1.82, 2.24) is 4.98 Å². The van der Waals surface area contributed by atoms with Gasteiger partial charge in [-0.25, -0.2) is 4.98 Å². The summed E-state index contributed by atoms with van der Waals surface area (Å²) in [6.07, 6.45) is 6.97. The molecule has 0 unspecified atom stereocenters. The van der Waals surface area contributed by atoms with Gasteiger partial charge in [-0.3, -0.25) is 0 Å². The molecule has 0 spiro atoms. The smallest absolute Gasteiger partial charge is 0.115 e. The Labute approximate surface area is 61.1 Å². The molecule has 0 radical (unpaired) electrons. The normalized spacial score (nSPS) is 8.90. The Balaban J connectivity index is 3.23. The number of rotatable bonds is 0. The van der Waals surface area contributed by atoms with Gasteiger partial charge in [-0.1, -0.05) is 6.07 Å². The first-order chi connectivity index (χ1) is 4.74. The maximum atomic E-state index is 5.19. The predicted octanol–water partition coefficient (Wildman–Crippen LogP) is 1.68. The van der Waals surface area contributed by atoms with Gasteiger partial charge in [0.1, 0.15) is 5.69 Å². The van der Waals surface area contributed by atoms with Gasteiger partial charge >= 0.3 is 0 Å². The maximum Gasteiger partial charge on any atom is 0.115 e. The fourth-order valence-corrected chi connectivity index (χ4v) is 0.866. The first kappa shape index (κ1) is 6.82. The molecule has 0 fully saturated rings. The average molecular weight is 131 g/mol. The molecule has 1 aromatic rings. The van der Waals surface area contributed by atoms with Crippen LogP contribution < -0.4 is 0 Å². The minimum absolute atomic E-state index is 0.741. The number of nitrogens with zero attached hydrogens (tertiary/aromatic N) is 1. The molecule has 0 N–H and O–H groups in total. The second-order valence-electron chi connectivity index (χ2n) is 2.32. The highest BCUT2D eigenvalue weighted by Crippen LogP contribution is 2.04. The lowest BCUT2D eigenvalue weighted by Crippen LogP contribution is -1.87. The van der Waals surface area contributed by atoms with Crippen molar-refractivity contribution in [3.63, 3.8) is 0 Å². The van der Waals surface area contributed by atoms with E-state index in [1.165, 1.54) is 0 Å². The molecule has 0 amide bonds. The summed E-state index contributed by atoms with van der Waals surface area (Å²) >= 11 is 0. The van der Waals surface area contributed by atoms with Crippen molar-refractivity contribution in [1.29, 1.82) is 0 Å². The van der Waals surface area contributed by atoms with E-state index in [9.17, 15) is 0 Å². The summed E-state index contributed by atoms with van der Waals surface area (Å²) in [6.45, 7) is 3.97. The van der Waals surface area contributed by atoms with Crippen LogP contribution in [0.2, 0.25) is 0 Å². The minimum Gasteiger partial charge on any atom is -0.247 e. The number of aromatic nitrogens is 1. The molecule has 1 nitrogen and oxygen atoms in total. The van der Waals surface area contributed by atoms with Crippen LogP contribution in [0, 0.1) is 26.2 Å². The number of pyridine rings is 1. The predicted molar refractivity (Wildman–Crippen MR) is 41.6 cm³/mol. The average Bonchev–Trinajstić information content (AvgIpc) is 1.88. The van der Waals surface area contributed by atoms with Crippen molar-refractivity contribution < 1.29 is 0 Å². The second kappa shape index (κ2) is 2.53. The van der Waals surface area contributed by atoms with Crippen molar-refractivity contribution in [2.45, 2.75) is 13.8 Å². The van der Waals surface area contributed by atoms with E-state index in [1.54, 1.807) is 6.20 Å². The van der Waals surface area contributed by atoms with Crippen LogP contribution in [0.1, 0.15) is 16.8 Å². The molecular formula is C9H9N. The van der Waals surface area contributed by atoms with E-state index >= 15 is 0 Å². The first-order valence-corrected chi connectivity index (χ1v) is 3.14. The van der Waals surface area contributed by atoms with Crippen LogP contribution in [0.15, 0.2) is 12.3 Å². The number of hydrogen-bond donors (Lipinski definition) is 0. The third-order valence-electron chi connectivity index (χ3n) is 1.35. The summed E-state index contributed by atoms with van der Waals surface area (Å²) in [6, 6.07) is 2.03. The fraction of sp³-hybridized carbons (Fsp3) is 0.222. The summed E-state index contributed by atoms with van der Waals surface area (Å²) < 4.78 is 0. The molecule has 1 rings (SSSR count). The molecule has 0 aromatic carbocycles. The lowest BCUT2D eigenvalue weighted by Gasteiger charge is -1.96. The van der Waals surface area contributed by atoms with Crippen LogP contribution in [0.3, 0.4) is 0 Å². The van der Waals surface area contributed by atoms with Crippen molar-refractivity contribution >= 4 is 0 Å². The van der Waals surface area contributed by atoms with E-state index in [-0.39, 0.29) is 0 Å². The largest absolute Gasteiger partial charge is 0.247 e. The van der Waals surface area contributed by atoms with Crippen molar-refractivity contribution in [2.24, 2.45) is 0 Å². The summed E-state index contributed by atoms with van der Waals surface area (Å²) in [5.74, 6) is 2.51. The first-order valence-electron chi connectivity index (χ1n) is 3.14. The summed E-state index contributed by atoms with van der Waals surface area (Å²) in [5.41, 5.74) is 2.96. The number of terminal acetylenes is 1. The van der Waals surface area contributed by atoms with E-state index in [2.05, 4.69) is 10.9 Å². The van der Waals surface area contributed by atoms with Crippen molar-refractivity contribution in [3.05, 3.63) is 29.1 Å². The lowest BCUT2D eigenvalue weighted by molar-refractivity contribution is 1.19. The molecule has 1 aromatic heterocycles. The van der Waals surface area contributed by atoms with Gasteiger partial charge in [-0.2, -0.15) is 0 Å². The fourth-order valence-electron chi connectivity index (χ4n) is 0.866. The Bertz CT molecular complexity index is 281. The van der Waals surface area contributed by atoms with Crippen LogP contribution in [0.25, 0.3) is 0 Å². The third kappa shape index (κ3) is 1.16. The molecule has 1 heteroatoms. The van der Waals surface area contributed by atoms with Gasteiger partial charge in [0.05, 0.1) is 0 Å². The monoisotopic (exact) mass is 131 g/mol. The molecule has 0 aliphatic rings. The van der Waals surface area contributed by atoms with E-state index in [1.807, 2.05) is 19.9 Å². The highest BCUT2D eigenvalue weighted by atomic mass is 14.7. The highest BCUT2D eigenvalue weighted by Gasteiger charge is 1.93. The zero-order valence-corrected chi connectivity index (χ0v) is 6.18. The molecule has 0 atom stereocenters. The lowest BCUT2D eigenvalue weighted by atomic mass is 10.2.